The average molecular weight is 542 g/mol. The summed E-state index contributed by atoms with van der Waals surface area (Å²) in [7, 11) is 1.57. The number of nitrogens with one attached hydrogen (secondary N) is 2. The predicted molar refractivity (Wildman–Crippen MR) is 153 cm³/mol. The topological polar surface area (TPSA) is 116 Å². The number of carbonyl (C=O) groups excluding carboxylic acids is 2. The van der Waals surface area contributed by atoms with E-state index >= 15 is 0 Å². The van der Waals surface area contributed by atoms with E-state index in [2.05, 4.69) is 10.6 Å². The lowest BCUT2D eigenvalue weighted by molar-refractivity contribution is -0.143. The molecule has 0 bridgehead atoms. The number of hydrogen-bond donors (Lipinski definition) is 2. The van der Waals surface area contributed by atoms with E-state index < -0.39 is 0 Å². The zero-order chi connectivity index (χ0) is 27.9. The van der Waals surface area contributed by atoms with Crippen LogP contribution in [0.5, 0.6) is 5.75 Å². The predicted octanol–water partition coefficient (Wildman–Crippen LogP) is 7.16. The highest BCUT2D eigenvalue weighted by Gasteiger charge is 2.16. The molecule has 0 aliphatic heterocycles. The number of ether oxygens (including phenoxy) is 2. The van der Waals surface area contributed by atoms with Crippen LogP contribution in [-0.4, -0.2) is 37.2 Å². The Labute approximate surface area is 231 Å². The van der Waals surface area contributed by atoms with Crippen LogP contribution < -0.4 is 15.4 Å². The molecule has 3 aromatic carbocycles. The molecule has 40 heavy (non-hydrogen) atoms. The molecule has 2 N–H and O–H groups in total. The Morgan fingerprint density at radius 1 is 0.925 bits per heavy atom. The number of hydrogen-bond acceptors (Lipinski definition) is 7. The molecule has 0 saturated heterocycles. The lowest BCUT2D eigenvalue weighted by Crippen LogP contribution is -2.29. The molecule has 0 spiro atoms. The number of oxazole rings is 1. The normalized spacial score (nSPS) is 11.1. The van der Waals surface area contributed by atoms with Gasteiger partial charge in [0.25, 0.3) is 0 Å². The Hall–Kier alpha value is -4.79. The lowest BCUT2D eigenvalue weighted by Gasteiger charge is -2.11. The van der Waals surface area contributed by atoms with Crippen molar-refractivity contribution in [3.63, 3.8) is 0 Å². The molecule has 5 rings (SSSR count). The van der Waals surface area contributed by atoms with Gasteiger partial charge in [-0.15, -0.1) is 0 Å². The van der Waals surface area contributed by atoms with Gasteiger partial charge in [0.1, 0.15) is 22.6 Å². The summed E-state index contributed by atoms with van der Waals surface area (Å²) >= 11 is 0. The van der Waals surface area contributed by atoms with Gasteiger partial charge in [0.05, 0.1) is 19.3 Å². The summed E-state index contributed by atoms with van der Waals surface area (Å²) in [6.07, 6.45) is 2.71. The van der Waals surface area contributed by atoms with Gasteiger partial charge in [0, 0.05) is 29.6 Å². The zero-order valence-corrected chi connectivity index (χ0v) is 22.5. The minimum Gasteiger partial charge on any atom is -0.496 e. The maximum Gasteiger partial charge on any atom is 0.319 e. The Kier molecular flexibility index (Phi) is 8.29. The van der Waals surface area contributed by atoms with Gasteiger partial charge in [0.15, 0.2) is 5.58 Å². The number of unbranched alkanes of at least 4 members (excludes halogenated alkanes) is 2. The first kappa shape index (κ1) is 26.8. The van der Waals surface area contributed by atoms with Gasteiger partial charge in [-0.1, -0.05) is 24.6 Å². The third-order valence-electron chi connectivity index (χ3n) is 6.43. The van der Waals surface area contributed by atoms with Crippen LogP contribution in [-0.2, 0) is 9.53 Å². The summed E-state index contributed by atoms with van der Waals surface area (Å²) in [6, 6.07) is 20.6. The Morgan fingerprint density at radius 3 is 2.62 bits per heavy atom. The molecule has 0 aliphatic rings. The number of fused-ring (bicyclic) bond motifs is 2. The van der Waals surface area contributed by atoms with Gasteiger partial charge in [-0.3, -0.25) is 4.79 Å². The van der Waals surface area contributed by atoms with Gasteiger partial charge in [-0.2, -0.15) is 0 Å². The molecule has 9 heteroatoms. The van der Waals surface area contributed by atoms with Crippen LogP contribution in [0.4, 0.5) is 10.5 Å². The number of rotatable bonds is 11. The van der Waals surface area contributed by atoms with Gasteiger partial charge in [0.2, 0.25) is 5.89 Å². The standard InChI is InChI=1S/C31H31N3O6/c1-3-38-29(35)11-5-4-8-16-32-31(36)33-22-13-15-26(37-2)23(19-22)30-34-24-17-21(12-14-27(24)40-30)28-18-20-9-6-7-10-25(20)39-28/h6-7,9-10,12-15,17-19H,3-5,8,11,16H2,1-2H3,(H2,32,33,36). The number of carbonyl (C=O) groups is 2. The number of methoxy groups -OCH3 is 1. The first-order valence-electron chi connectivity index (χ1n) is 13.3. The average Bonchev–Trinajstić information content (AvgIpc) is 3.59. The summed E-state index contributed by atoms with van der Waals surface area (Å²) in [6.45, 7) is 2.68. The van der Waals surface area contributed by atoms with E-state index in [1.54, 1.807) is 32.2 Å². The van der Waals surface area contributed by atoms with Crippen LogP contribution in [0.3, 0.4) is 0 Å². The first-order chi connectivity index (χ1) is 19.5. The van der Waals surface area contributed by atoms with E-state index in [1.807, 2.05) is 48.5 Å². The lowest BCUT2D eigenvalue weighted by atomic mass is 10.1. The van der Waals surface area contributed by atoms with Gasteiger partial charge >= 0.3 is 12.0 Å². The highest BCUT2D eigenvalue weighted by molar-refractivity contribution is 5.91. The first-order valence-corrected chi connectivity index (χ1v) is 13.3. The maximum absolute atomic E-state index is 12.4. The quantitative estimate of drug-likeness (QED) is 0.135. The fourth-order valence-electron chi connectivity index (χ4n) is 4.45. The number of anilines is 1. The van der Waals surface area contributed by atoms with Crippen molar-refractivity contribution in [3.8, 4) is 28.5 Å². The second-order valence-corrected chi connectivity index (χ2v) is 9.26. The summed E-state index contributed by atoms with van der Waals surface area (Å²) in [5, 5.41) is 6.72. The number of amides is 2. The van der Waals surface area contributed by atoms with Crippen molar-refractivity contribution >= 4 is 39.8 Å². The van der Waals surface area contributed by atoms with Crippen molar-refractivity contribution in [3.05, 3.63) is 66.7 Å². The molecule has 0 unspecified atom stereocenters. The molecular formula is C31H31N3O6. The van der Waals surface area contributed by atoms with Crippen LogP contribution in [0, 0.1) is 0 Å². The second-order valence-electron chi connectivity index (χ2n) is 9.26. The van der Waals surface area contributed by atoms with Crippen molar-refractivity contribution in [2.45, 2.75) is 32.6 Å². The number of urea groups is 1. The minimum atomic E-state index is -0.324. The van der Waals surface area contributed by atoms with E-state index in [4.69, 9.17) is 23.3 Å². The van der Waals surface area contributed by atoms with Crippen LogP contribution in [0.1, 0.15) is 32.6 Å². The number of nitrogens with zero attached hydrogens (tertiary/aromatic N) is 1. The minimum absolute atomic E-state index is 0.186. The SMILES string of the molecule is CCOC(=O)CCCCCNC(=O)Nc1ccc(OC)c(-c2nc3cc(-c4cc5ccccc5o4)ccc3o2)c1. The molecule has 0 fully saturated rings. The third-order valence-corrected chi connectivity index (χ3v) is 6.43. The largest absolute Gasteiger partial charge is 0.496 e. The fraction of sp³-hybridized carbons (Fsp3) is 0.258. The van der Waals surface area contributed by atoms with Crippen molar-refractivity contribution in [1.29, 1.82) is 0 Å². The van der Waals surface area contributed by atoms with Gasteiger partial charge in [-0.05, 0) is 68.3 Å². The maximum atomic E-state index is 12.4. The van der Waals surface area contributed by atoms with Crippen LogP contribution in [0.25, 0.3) is 44.8 Å². The highest BCUT2D eigenvalue weighted by atomic mass is 16.5. The summed E-state index contributed by atoms with van der Waals surface area (Å²) in [5.74, 6) is 1.51. The molecule has 2 aromatic heterocycles. The number of aromatic nitrogens is 1. The molecule has 2 heterocycles. The van der Waals surface area contributed by atoms with E-state index in [0.717, 1.165) is 41.6 Å². The van der Waals surface area contributed by atoms with Gasteiger partial charge in [-0.25, -0.2) is 9.78 Å². The van der Waals surface area contributed by atoms with E-state index in [0.29, 0.717) is 53.6 Å². The molecule has 2 amide bonds. The molecular weight excluding hydrogens is 510 g/mol. The molecule has 0 radical (unpaired) electrons. The Bertz CT molecular complexity index is 1600. The van der Waals surface area contributed by atoms with Crippen molar-refractivity contribution < 1.29 is 27.9 Å². The fourth-order valence-corrected chi connectivity index (χ4v) is 4.45. The smallest absolute Gasteiger partial charge is 0.319 e. The van der Waals surface area contributed by atoms with E-state index in [9.17, 15) is 9.59 Å². The molecule has 206 valence electrons. The molecule has 5 aromatic rings. The highest BCUT2D eigenvalue weighted by Crippen LogP contribution is 2.36. The van der Waals surface area contributed by atoms with Crippen LogP contribution in [0.2, 0.25) is 0 Å². The molecule has 0 saturated carbocycles. The third kappa shape index (κ3) is 6.26. The van der Waals surface area contributed by atoms with E-state index in [1.165, 1.54) is 0 Å². The Morgan fingerprint density at radius 2 is 1.80 bits per heavy atom. The van der Waals surface area contributed by atoms with Gasteiger partial charge < -0.3 is 28.9 Å². The second kappa shape index (κ2) is 12.4. The summed E-state index contributed by atoms with van der Waals surface area (Å²) < 4.78 is 22.5. The summed E-state index contributed by atoms with van der Waals surface area (Å²) in [4.78, 5) is 28.5. The number of esters is 1. The number of furan rings is 1. The zero-order valence-electron chi connectivity index (χ0n) is 22.5. The van der Waals surface area contributed by atoms with Crippen molar-refractivity contribution in [1.82, 2.24) is 10.3 Å². The molecule has 0 atom stereocenters. The number of benzene rings is 3. The molecule has 9 nitrogen and oxygen atoms in total. The van der Waals surface area contributed by atoms with Crippen molar-refractivity contribution in [2.24, 2.45) is 0 Å². The van der Waals surface area contributed by atoms with E-state index in [-0.39, 0.29) is 12.0 Å². The van der Waals surface area contributed by atoms with Crippen molar-refractivity contribution in [2.75, 3.05) is 25.6 Å². The van der Waals surface area contributed by atoms with Crippen LogP contribution in [0.15, 0.2) is 75.6 Å². The van der Waals surface area contributed by atoms with Crippen LogP contribution >= 0.6 is 0 Å². The molecule has 0 aliphatic carbocycles. The monoisotopic (exact) mass is 541 g/mol. The summed E-state index contributed by atoms with van der Waals surface area (Å²) in [5.41, 5.74) is 4.20. The number of para-hydroxylation sites is 1. The Balaban J connectivity index is 1.25.